The summed E-state index contributed by atoms with van der Waals surface area (Å²) in [6, 6.07) is 15.8. The molecule has 0 aliphatic carbocycles. The Kier molecular flexibility index (Phi) is 3.66. The number of para-hydroxylation sites is 2. The highest BCUT2D eigenvalue weighted by atomic mass is 32.2. The molecule has 0 N–H and O–H groups in total. The van der Waals surface area contributed by atoms with Crippen LogP contribution in [-0.4, -0.2) is 35.1 Å². The number of hydrogen-bond donors (Lipinski definition) is 0. The Labute approximate surface area is 141 Å². The average molecular weight is 341 g/mol. The summed E-state index contributed by atoms with van der Waals surface area (Å²) >= 11 is 0. The highest BCUT2D eigenvalue weighted by Crippen LogP contribution is 2.23. The maximum absolute atomic E-state index is 12.2. The lowest BCUT2D eigenvalue weighted by Crippen LogP contribution is -2.22. The first-order valence-corrected chi connectivity index (χ1v) is 9.83. The van der Waals surface area contributed by atoms with Crippen LogP contribution in [0.2, 0.25) is 0 Å². The molecule has 0 bridgehead atoms. The molecule has 1 aliphatic heterocycles. The summed E-state index contributed by atoms with van der Waals surface area (Å²) in [5, 5.41) is 0. The molecule has 0 atom stereocenters. The van der Waals surface area contributed by atoms with Crippen molar-refractivity contribution in [1.82, 2.24) is 13.9 Å². The third-order valence-electron chi connectivity index (χ3n) is 4.47. The minimum atomic E-state index is -3.38. The van der Waals surface area contributed by atoms with Gasteiger partial charge < -0.3 is 0 Å². The van der Waals surface area contributed by atoms with Gasteiger partial charge in [0.25, 0.3) is 0 Å². The molecule has 5 nitrogen and oxygen atoms in total. The summed E-state index contributed by atoms with van der Waals surface area (Å²) in [6.07, 6.45) is 1.84. The van der Waals surface area contributed by atoms with Crippen LogP contribution in [0.5, 0.6) is 0 Å². The Morgan fingerprint density at radius 1 is 1.00 bits per heavy atom. The molecule has 0 radical (unpaired) electrons. The van der Waals surface area contributed by atoms with Crippen molar-refractivity contribution in [2.75, 3.05) is 12.8 Å². The third kappa shape index (κ3) is 2.72. The van der Waals surface area contributed by atoms with Crippen LogP contribution >= 0.6 is 0 Å². The number of rotatable bonds is 4. The summed E-state index contributed by atoms with van der Waals surface area (Å²) in [5.41, 5.74) is 4.09. The van der Waals surface area contributed by atoms with Crippen molar-refractivity contribution in [2.45, 2.75) is 19.5 Å². The first kappa shape index (κ1) is 15.4. The predicted molar refractivity (Wildman–Crippen MR) is 94.2 cm³/mol. The number of hydrogen-bond acceptors (Lipinski definition) is 4. The number of benzene rings is 2. The van der Waals surface area contributed by atoms with Crippen LogP contribution in [0.15, 0.2) is 48.5 Å². The van der Waals surface area contributed by atoms with Crippen LogP contribution < -0.4 is 0 Å². The van der Waals surface area contributed by atoms with Crippen molar-refractivity contribution in [3.05, 3.63) is 65.5 Å². The Hall–Kier alpha value is -2.18. The molecular formula is C18H19N3O2S. The molecule has 0 amide bonds. The van der Waals surface area contributed by atoms with Crippen LogP contribution in [0, 0.1) is 0 Å². The monoisotopic (exact) mass is 341 g/mol. The molecule has 0 spiro atoms. The number of aromatic nitrogens is 2. The van der Waals surface area contributed by atoms with Crippen molar-refractivity contribution in [3.8, 4) is 0 Å². The zero-order valence-corrected chi connectivity index (χ0v) is 14.3. The zero-order valence-electron chi connectivity index (χ0n) is 13.5. The molecule has 24 heavy (non-hydrogen) atoms. The van der Waals surface area contributed by atoms with Gasteiger partial charge in [-0.3, -0.25) is 4.90 Å². The minimum Gasteiger partial charge on any atom is -0.294 e. The molecule has 124 valence electrons. The van der Waals surface area contributed by atoms with Gasteiger partial charge in [-0.25, -0.2) is 17.4 Å². The van der Waals surface area contributed by atoms with E-state index in [0.717, 1.165) is 25.2 Å². The maximum atomic E-state index is 12.2. The average Bonchev–Trinajstić information content (AvgIpc) is 3.12. The summed E-state index contributed by atoms with van der Waals surface area (Å²) in [6.45, 7) is 2.61. The van der Waals surface area contributed by atoms with Crippen LogP contribution in [0.1, 0.15) is 17.0 Å². The molecule has 1 aromatic heterocycles. The Morgan fingerprint density at radius 2 is 1.62 bits per heavy atom. The van der Waals surface area contributed by atoms with E-state index < -0.39 is 10.0 Å². The van der Waals surface area contributed by atoms with Gasteiger partial charge >= 0.3 is 0 Å². The van der Waals surface area contributed by atoms with Crippen molar-refractivity contribution in [2.24, 2.45) is 0 Å². The van der Waals surface area contributed by atoms with Crippen LogP contribution in [0.4, 0.5) is 0 Å². The van der Waals surface area contributed by atoms with Crippen LogP contribution in [-0.2, 0) is 29.5 Å². The lowest BCUT2D eigenvalue weighted by Gasteiger charge is -2.14. The molecule has 6 heteroatoms. The Bertz CT molecular complexity index is 983. The fourth-order valence-corrected chi connectivity index (χ4v) is 4.43. The summed E-state index contributed by atoms with van der Waals surface area (Å²) in [5.74, 6) is 0.606. The standard InChI is InChI=1S/C18H19N3O2S/c1-24(22,23)21-17-9-5-4-8-16(17)19-18(21)10-11-20-12-14-6-2-3-7-15(14)13-20/h2-9H,10-13H2,1H3. The molecule has 3 aromatic rings. The largest absolute Gasteiger partial charge is 0.294 e. The molecule has 0 fully saturated rings. The number of imidazole rings is 1. The van der Waals surface area contributed by atoms with Crippen LogP contribution in [0.3, 0.4) is 0 Å². The molecule has 1 aliphatic rings. The van der Waals surface area contributed by atoms with Crippen molar-refractivity contribution in [1.29, 1.82) is 0 Å². The van der Waals surface area contributed by atoms with Gasteiger partial charge in [0, 0.05) is 26.1 Å². The van der Waals surface area contributed by atoms with E-state index in [1.54, 1.807) is 6.07 Å². The maximum Gasteiger partial charge on any atom is 0.237 e. The zero-order chi connectivity index (χ0) is 16.7. The molecule has 4 rings (SSSR count). The van der Waals surface area contributed by atoms with E-state index in [0.29, 0.717) is 17.8 Å². The summed E-state index contributed by atoms with van der Waals surface area (Å²) in [4.78, 5) is 6.88. The molecule has 0 saturated carbocycles. The fraction of sp³-hybridized carbons (Fsp3) is 0.278. The number of fused-ring (bicyclic) bond motifs is 2. The van der Waals surface area contributed by atoms with Gasteiger partial charge in [-0.15, -0.1) is 0 Å². The highest BCUT2D eigenvalue weighted by Gasteiger charge is 2.21. The SMILES string of the molecule is CS(=O)(=O)n1c(CCN2Cc3ccccc3C2)nc2ccccc21. The van der Waals surface area contributed by atoms with Gasteiger partial charge in [0.15, 0.2) is 0 Å². The first-order valence-electron chi connectivity index (χ1n) is 7.98. The van der Waals surface area contributed by atoms with E-state index in [1.165, 1.54) is 21.4 Å². The molecular weight excluding hydrogens is 322 g/mol. The highest BCUT2D eigenvalue weighted by molar-refractivity contribution is 7.89. The fourth-order valence-electron chi connectivity index (χ4n) is 3.40. The third-order valence-corrected chi connectivity index (χ3v) is 5.54. The van der Waals surface area contributed by atoms with E-state index in [4.69, 9.17) is 0 Å². The summed E-state index contributed by atoms with van der Waals surface area (Å²) < 4.78 is 25.8. The summed E-state index contributed by atoms with van der Waals surface area (Å²) in [7, 11) is -3.38. The second-order valence-corrected chi connectivity index (χ2v) is 8.10. The lowest BCUT2D eigenvalue weighted by atomic mass is 10.1. The van der Waals surface area contributed by atoms with Gasteiger partial charge in [0.2, 0.25) is 10.0 Å². The van der Waals surface area contributed by atoms with Crippen molar-refractivity contribution < 1.29 is 8.42 Å². The normalized spacial score (nSPS) is 15.0. The smallest absolute Gasteiger partial charge is 0.237 e. The van der Waals surface area contributed by atoms with Gasteiger partial charge in [-0.1, -0.05) is 36.4 Å². The Balaban J connectivity index is 1.60. The van der Waals surface area contributed by atoms with Gasteiger partial charge in [0.05, 0.1) is 17.3 Å². The second-order valence-electron chi connectivity index (χ2n) is 6.27. The minimum absolute atomic E-state index is 0.606. The quantitative estimate of drug-likeness (QED) is 0.731. The molecule has 0 unspecified atom stereocenters. The van der Waals surface area contributed by atoms with Crippen LogP contribution in [0.25, 0.3) is 11.0 Å². The first-order chi connectivity index (χ1) is 11.5. The van der Waals surface area contributed by atoms with Gasteiger partial charge in [0.1, 0.15) is 5.82 Å². The molecule has 0 saturated heterocycles. The number of nitrogens with zero attached hydrogens (tertiary/aromatic N) is 3. The predicted octanol–water partition coefficient (Wildman–Crippen LogP) is 2.40. The van der Waals surface area contributed by atoms with E-state index in [9.17, 15) is 8.42 Å². The lowest BCUT2D eigenvalue weighted by molar-refractivity contribution is 0.286. The molecule has 2 aromatic carbocycles. The van der Waals surface area contributed by atoms with E-state index >= 15 is 0 Å². The van der Waals surface area contributed by atoms with Gasteiger partial charge in [-0.05, 0) is 23.3 Å². The molecule has 2 heterocycles. The van der Waals surface area contributed by atoms with Gasteiger partial charge in [-0.2, -0.15) is 0 Å². The van der Waals surface area contributed by atoms with E-state index in [2.05, 4.69) is 34.1 Å². The van der Waals surface area contributed by atoms with Crippen molar-refractivity contribution >= 4 is 21.1 Å². The van der Waals surface area contributed by atoms with Crippen molar-refractivity contribution in [3.63, 3.8) is 0 Å². The van der Waals surface area contributed by atoms with E-state index in [-0.39, 0.29) is 0 Å². The van der Waals surface area contributed by atoms with E-state index in [1.807, 2.05) is 18.2 Å². The Morgan fingerprint density at radius 3 is 2.29 bits per heavy atom. The topological polar surface area (TPSA) is 55.2 Å². The second kappa shape index (κ2) is 5.72.